The lowest BCUT2D eigenvalue weighted by Crippen LogP contribution is -2.42. The maximum atomic E-state index is 12.4. The number of carbonyl (C=O) groups is 1. The van der Waals surface area contributed by atoms with Gasteiger partial charge < -0.3 is 15.2 Å². The van der Waals surface area contributed by atoms with Gasteiger partial charge in [0.2, 0.25) is 5.91 Å². The number of hydrogen-bond donors (Lipinski definition) is 4. The van der Waals surface area contributed by atoms with Crippen molar-refractivity contribution in [2.24, 2.45) is 0 Å². The topological polar surface area (TPSA) is 82.6 Å². The van der Waals surface area contributed by atoms with Crippen LogP contribution >= 0.6 is 0 Å². The fraction of sp³-hybridized carbons (Fsp3) is 0.350. The maximum Gasteiger partial charge on any atom is 0.238 e. The van der Waals surface area contributed by atoms with Crippen molar-refractivity contribution in [1.29, 1.82) is 0 Å². The van der Waals surface area contributed by atoms with E-state index < -0.39 is 0 Å². The molecule has 1 fully saturated rings. The molecule has 6 heteroatoms. The van der Waals surface area contributed by atoms with E-state index in [4.69, 9.17) is 4.74 Å². The van der Waals surface area contributed by atoms with Crippen molar-refractivity contribution in [2.45, 2.75) is 38.9 Å². The van der Waals surface area contributed by atoms with Crippen LogP contribution in [0.3, 0.4) is 0 Å². The first-order valence-electron chi connectivity index (χ1n) is 8.69. The smallest absolute Gasteiger partial charge is 0.238 e. The lowest BCUT2D eigenvalue weighted by atomic mass is 9.97. The molecule has 2 unspecified atom stereocenters. The van der Waals surface area contributed by atoms with Gasteiger partial charge in [0.15, 0.2) is 0 Å². The quantitative estimate of drug-likeness (QED) is 0.661. The molecule has 1 aliphatic heterocycles. The Kier molecular flexibility index (Phi) is 5.44. The second-order valence-electron chi connectivity index (χ2n) is 6.69. The fourth-order valence-corrected chi connectivity index (χ4v) is 3.09. The number of hydrogen-bond acceptors (Lipinski definition) is 5. The number of rotatable bonds is 5. The second kappa shape index (κ2) is 7.76. The molecule has 0 spiro atoms. The molecule has 2 atom stereocenters. The number of carbonyl (C=O) groups excluding carboxylic acids is 1. The summed E-state index contributed by atoms with van der Waals surface area (Å²) in [5.74, 6) is 0.976. The molecule has 4 N–H and O–H groups in total. The summed E-state index contributed by atoms with van der Waals surface area (Å²) >= 11 is 0. The van der Waals surface area contributed by atoms with Crippen molar-refractivity contribution in [1.82, 2.24) is 16.2 Å². The van der Waals surface area contributed by atoms with E-state index in [9.17, 15) is 9.90 Å². The third-order valence-electron chi connectivity index (χ3n) is 4.86. The van der Waals surface area contributed by atoms with Crippen molar-refractivity contribution < 1.29 is 14.6 Å². The molecule has 0 aromatic heterocycles. The maximum absolute atomic E-state index is 12.4. The zero-order valence-corrected chi connectivity index (χ0v) is 15.3. The Balaban J connectivity index is 1.57. The number of amides is 1. The molecule has 2 aromatic carbocycles. The summed E-state index contributed by atoms with van der Waals surface area (Å²) < 4.78 is 5.13. The monoisotopic (exact) mass is 355 g/mol. The summed E-state index contributed by atoms with van der Waals surface area (Å²) in [6.45, 7) is 4.44. The van der Waals surface area contributed by atoms with Crippen molar-refractivity contribution in [3.8, 4) is 11.5 Å². The highest BCUT2D eigenvalue weighted by molar-refractivity contribution is 5.82. The number of nitrogens with one attached hydrogen (secondary N) is 3. The first kappa shape index (κ1) is 18.2. The highest BCUT2D eigenvalue weighted by Gasteiger charge is 2.31. The van der Waals surface area contributed by atoms with E-state index in [1.54, 1.807) is 13.2 Å². The van der Waals surface area contributed by atoms with Crippen LogP contribution in [0.5, 0.6) is 11.5 Å². The molecule has 1 saturated heterocycles. The average Bonchev–Trinajstić information content (AvgIpc) is 3.13. The zero-order chi connectivity index (χ0) is 18.7. The number of phenols is 1. The molecule has 0 saturated carbocycles. The molecular weight excluding hydrogens is 330 g/mol. The molecule has 0 aliphatic carbocycles. The van der Waals surface area contributed by atoms with Gasteiger partial charge in [-0.3, -0.25) is 4.79 Å². The van der Waals surface area contributed by atoms with Gasteiger partial charge in [0.05, 0.1) is 13.2 Å². The van der Waals surface area contributed by atoms with Gasteiger partial charge in [0, 0.05) is 12.1 Å². The third kappa shape index (κ3) is 3.98. The van der Waals surface area contributed by atoms with Crippen molar-refractivity contribution in [3.05, 3.63) is 58.7 Å². The summed E-state index contributed by atoms with van der Waals surface area (Å²) in [6.07, 6.45) is 0.574. The van der Waals surface area contributed by atoms with Crippen LogP contribution in [0.2, 0.25) is 0 Å². The van der Waals surface area contributed by atoms with Gasteiger partial charge in [0.1, 0.15) is 17.5 Å². The van der Waals surface area contributed by atoms with Crippen LogP contribution in [0.4, 0.5) is 0 Å². The fourth-order valence-electron chi connectivity index (χ4n) is 3.09. The van der Waals surface area contributed by atoms with Crippen molar-refractivity contribution in [2.75, 3.05) is 7.11 Å². The number of hydrazine groups is 1. The van der Waals surface area contributed by atoms with E-state index in [0.29, 0.717) is 13.0 Å². The van der Waals surface area contributed by atoms with E-state index in [-0.39, 0.29) is 23.7 Å². The Morgan fingerprint density at radius 1 is 1.19 bits per heavy atom. The van der Waals surface area contributed by atoms with E-state index in [1.807, 2.05) is 44.2 Å². The molecule has 138 valence electrons. The summed E-state index contributed by atoms with van der Waals surface area (Å²) in [5, 5.41) is 13.2. The van der Waals surface area contributed by atoms with Gasteiger partial charge in [-0.05, 0) is 55.2 Å². The van der Waals surface area contributed by atoms with Gasteiger partial charge in [-0.15, -0.1) is 0 Å². The Bertz CT molecular complexity index is 790. The number of benzene rings is 2. The van der Waals surface area contributed by atoms with Crippen LogP contribution in [-0.4, -0.2) is 24.2 Å². The standard InChI is InChI=1S/C20H25N3O3/c1-12-8-16(19(24)9-13(12)2)17-10-18(23-22-17)20(25)21-11-14-4-6-15(26-3)7-5-14/h4-9,17-18,22-24H,10-11H2,1-3H3,(H,21,25). The molecule has 0 radical (unpaired) electrons. The number of methoxy groups -OCH3 is 1. The van der Waals surface area contributed by atoms with Crippen molar-refractivity contribution >= 4 is 5.91 Å². The van der Waals surface area contributed by atoms with Crippen LogP contribution in [0.15, 0.2) is 36.4 Å². The van der Waals surface area contributed by atoms with Crippen LogP contribution in [-0.2, 0) is 11.3 Å². The van der Waals surface area contributed by atoms with Crippen LogP contribution in [0.25, 0.3) is 0 Å². The molecule has 1 aliphatic rings. The molecule has 2 aromatic rings. The average molecular weight is 355 g/mol. The van der Waals surface area contributed by atoms with Gasteiger partial charge in [-0.25, -0.2) is 10.9 Å². The Morgan fingerprint density at radius 2 is 1.88 bits per heavy atom. The lowest BCUT2D eigenvalue weighted by molar-refractivity contribution is -0.123. The highest BCUT2D eigenvalue weighted by Crippen LogP contribution is 2.31. The molecule has 1 amide bonds. The second-order valence-corrected chi connectivity index (χ2v) is 6.69. The molecule has 6 nitrogen and oxygen atoms in total. The van der Waals surface area contributed by atoms with Crippen molar-refractivity contribution in [3.63, 3.8) is 0 Å². The van der Waals surface area contributed by atoms with E-state index >= 15 is 0 Å². The highest BCUT2D eigenvalue weighted by atomic mass is 16.5. The zero-order valence-electron chi connectivity index (χ0n) is 15.3. The largest absolute Gasteiger partial charge is 0.508 e. The molecule has 0 bridgehead atoms. The minimum atomic E-state index is -0.348. The van der Waals surface area contributed by atoms with Gasteiger partial charge in [-0.2, -0.15) is 0 Å². The van der Waals surface area contributed by atoms with Crippen LogP contribution in [0, 0.1) is 13.8 Å². The minimum absolute atomic E-state index is 0.0702. The Hall–Kier alpha value is -2.57. The van der Waals surface area contributed by atoms with E-state index in [0.717, 1.165) is 28.0 Å². The van der Waals surface area contributed by atoms with Gasteiger partial charge in [0.25, 0.3) is 0 Å². The summed E-state index contributed by atoms with van der Waals surface area (Å²) in [4.78, 5) is 12.4. The molecule has 3 rings (SSSR count). The summed E-state index contributed by atoms with van der Waals surface area (Å²) in [5.41, 5.74) is 10.1. The predicted octanol–water partition coefficient (Wildman–Crippen LogP) is 2.24. The molecular formula is C20H25N3O3. The Labute approximate surface area is 153 Å². The summed E-state index contributed by atoms with van der Waals surface area (Å²) in [7, 11) is 1.62. The number of aromatic hydroxyl groups is 1. The predicted molar refractivity (Wildman–Crippen MR) is 99.8 cm³/mol. The first-order chi connectivity index (χ1) is 12.5. The number of ether oxygens (including phenoxy) is 1. The van der Waals surface area contributed by atoms with Gasteiger partial charge >= 0.3 is 0 Å². The van der Waals surface area contributed by atoms with Crippen LogP contribution < -0.4 is 20.9 Å². The summed E-state index contributed by atoms with van der Waals surface area (Å²) in [6, 6.07) is 10.9. The third-order valence-corrected chi connectivity index (χ3v) is 4.86. The first-order valence-corrected chi connectivity index (χ1v) is 8.69. The Morgan fingerprint density at radius 3 is 2.58 bits per heavy atom. The number of phenolic OH excluding ortho intramolecular Hbond substituents is 1. The van der Waals surface area contributed by atoms with Crippen LogP contribution in [0.1, 0.15) is 34.7 Å². The van der Waals surface area contributed by atoms with Gasteiger partial charge in [-0.1, -0.05) is 18.2 Å². The molecule has 26 heavy (non-hydrogen) atoms. The number of aryl methyl sites for hydroxylation is 2. The SMILES string of the molecule is COc1ccc(CNC(=O)C2CC(c3cc(C)c(C)cc3O)NN2)cc1. The molecule has 1 heterocycles. The minimum Gasteiger partial charge on any atom is -0.508 e. The normalized spacial score (nSPS) is 19.3. The van der Waals surface area contributed by atoms with E-state index in [1.165, 1.54) is 0 Å². The lowest BCUT2D eigenvalue weighted by Gasteiger charge is -2.14. The van der Waals surface area contributed by atoms with E-state index in [2.05, 4.69) is 16.2 Å².